The highest BCUT2D eigenvalue weighted by molar-refractivity contribution is 7.18. The minimum Gasteiger partial charge on any atom is -0.314 e. The number of para-hydroxylation sites is 1. The van der Waals surface area contributed by atoms with Gasteiger partial charge in [-0.1, -0.05) is 31.9 Å². The highest BCUT2D eigenvalue weighted by Gasteiger charge is 2.24. The Morgan fingerprint density at radius 1 is 1.29 bits per heavy atom. The first-order valence-corrected chi connectivity index (χ1v) is 9.26. The van der Waals surface area contributed by atoms with E-state index in [0.717, 1.165) is 24.4 Å². The third-order valence-electron chi connectivity index (χ3n) is 4.63. The summed E-state index contributed by atoms with van der Waals surface area (Å²) in [4.78, 5) is 4.78. The number of fused-ring (bicyclic) bond motifs is 1. The number of thiazole rings is 1. The molecule has 2 nitrogen and oxygen atoms in total. The van der Waals surface area contributed by atoms with Crippen molar-refractivity contribution < 1.29 is 0 Å². The van der Waals surface area contributed by atoms with Crippen molar-refractivity contribution in [3.05, 3.63) is 29.3 Å². The highest BCUT2D eigenvalue weighted by atomic mass is 32.1. The van der Waals surface area contributed by atoms with Gasteiger partial charge < -0.3 is 5.32 Å². The summed E-state index contributed by atoms with van der Waals surface area (Å²) in [7, 11) is 0. The molecule has 2 aromatic rings. The normalized spacial score (nSPS) is 17.6. The van der Waals surface area contributed by atoms with Gasteiger partial charge in [-0.2, -0.15) is 0 Å². The summed E-state index contributed by atoms with van der Waals surface area (Å²) in [6.07, 6.45) is 9.28. The second-order valence-electron chi connectivity index (χ2n) is 6.22. The van der Waals surface area contributed by atoms with Gasteiger partial charge in [0.1, 0.15) is 0 Å². The summed E-state index contributed by atoms with van der Waals surface area (Å²) < 4.78 is 1.33. The maximum Gasteiger partial charge on any atom is 0.0939 e. The molecule has 0 bridgehead atoms. The third-order valence-corrected chi connectivity index (χ3v) is 5.73. The van der Waals surface area contributed by atoms with Gasteiger partial charge in [0.2, 0.25) is 0 Å². The fourth-order valence-corrected chi connectivity index (χ4v) is 4.48. The first-order valence-electron chi connectivity index (χ1n) is 8.44. The molecule has 1 fully saturated rings. The van der Waals surface area contributed by atoms with Gasteiger partial charge in [0.05, 0.1) is 15.2 Å². The number of aryl methyl sites for hydroxylation is 1. The minimum absolute atomic E-state index is 0.694. The van der Waals surface area contributed by atoms with Crippen LogP contribution >= 0.6 is 11.3 Å². The van der Waals surface area contributed by atoms with Crippen LogP contribution in [0.4, 0.5) is 0 Å². The Kier molecular flexibility index (Phi) is 5.26. The van der Waals surface area contributed by atoms with Crippen LogP contribution < -0.4 is 5.32 Å². The zero-order valence-electron chi connectivity index (χ0n) is 13.0. The summed E-state index contributed by atoms with van der Waals surface area (Å²) in [5.41, 5.74) is 1.16. The maximum atomic E-state index is 4.78. The predicted octanol–water partition coefficient (Wildman–Crippen LogP) is 4.79. The second kappa shape index (κ2) is 7.37. The molecule has 3 heteroatoms. The molecular weight excluding hydrogens is 276 g/mol. The van der Waals surface area contributed by atoms with Gasteiger partial charge in [0.25, 0.3) is 0 Å². The molecule has 0 radical (unpaired) electrons. The van der Waals surface area contributed by atoms with Crippen molar-refractivity contribution in [1.29, 1.82) is 0 Å². The smallest absolute Gasteiger partial charge is 0.0939 e. The maximum absolute atomic E-state index is 4.78. The molecule has 1 unspecified atom stereocenters. The Hall–Kier alpha value is -0.930. The lowest BCUT2D eigenvalue weighted by Gasteiger charge is -2.24. The lowest BCUT2D eigenvalue weighted by Crippen LogP contribution is -2.36. The van der Waals surface area contributed by atoms with Crippen molar-refractivity contribution in [2.75, 3.05) is 6.54 Å². The summed E-state index contributed by atoms with van der Waals surface area (Å²) in [6, 6.07) is 9.18. The standard InChI is InChI=1S/C18H26N2S/c1-2-13-19-15(14-7-3-4-8-14)11-12-18-20-16-9-5-6-10-17(16)21-18/h5-6,9-10,14-15,19H,2-4,7-8,11-13H2,1H3. The molecule has 114 valence electrons. The van der Waals surface area contributed by atoms with Crippen molar-refractivity contribution in [3.8, 4) is 0 Å². The van der Waals surface area contributed by atoms with E-state index < -0.39 is 0 Å². The molecule has 0 aliphatic heterocycles. The molecule has 1 saturated carbocycles. The van der Waals surface area contributed by atoms with Crippen LogP contribution in [0.2, 0.25) is 0 Å². The summed E-state index contributed by atoms with van der Waals surface area (Å²) in [6.45, 7) is 3.41. The van der Waals surface area contributed by atoms with E-state index in [0.29, 0.717) is 6.04 Å². The molecule has 1 atom stereocenters. The average molecular weight is 302 g/mol. The van der Waals surface area contributed by atoms with Crippen LogP contribution in [0.25, 0.3) is 10.2 Å². The quantitative estimate of drug-likeness (QED) is 0.795. The molecule has 1 aromatic carbocycles. The van der Waals surface area contributed by atoms with Crippen LogP contribution in [0, 0.1) is 5.92 Å². The van der Waals surface area contributed by atoms with Gasteiger partial charge in [-0.3, -0.25) is 0 Å². The van der Waals surface area contributed by atoms with Crippen LogP contribution in [0.3, 0.4) is 0 Å². The monoisotopic (exact) mass is 302 g/mol. The molecule has 21 heavy (non-hydrogen) atoms. The van der Waals surface area contributed by atoms with E-state index in [2.05, 4.69) is 36.5 Å². The fourth-order valence-electron chi connectivity index (χ4n) is 3.50. The van der Waals surface area contributed by atoms with Crippen molar-refractivity contribution >= 4 is 21.6 Å². The highest BCUT2D eigenvalue weighted by Crippen LogP contribution is 2.30. The SMILES string of the molecule is CCCNC(CCc1nc2ccccc2s1)C1CCCC1. The molecule has 1 aliphatic rings. The summed E-state index contributed by atoms with van der Waals surface area (Å²) in [5.74, 6) is 0.894. The topological polar surface area (TPSA) is 24.9 Å². The molecule has 0 spiro atoms. The number of hydrogen-bond donors (Lipinski definition) is 1. The van der Waals surface area contributed by atoms with E-state index in [1.54, 1.807) is 0 Å². The lowest BCUT2D eigenvalue weighted by molar-refractivity contribution is 0.341. The Balaban J connectivity index is 1.62. The number of nitrogens with zero attached hydrogens (tertiary/aromatic N) is 1. The average Bonchev–Trinajstić information content (AvgIpc) is 3.16. The Labute approximate surface area is 132 Å². The molecule has 1 heterocycles. The number of aromatic nitrogens is 1. The molecule has 3 rings (SSSR count). The number of nitrogens with one attached hydrogen (secondary N) is 1. The molecule has 1 N–H and O–H groups in total. The zero-order valence-corrected chi connectivity index (χ0v) is 13.8. The van der Waals surface area contributed by atoms with Crippen molar-refractivity contribution in [1.82, 2.24) is 10.3 Å². The molecule has 0 amide bonds. The van der Waals surface area contributed by atoms with Crippen LogP contribution in [0.1, 0.15) is 50.5 Å². The Morgan fingerprint density at radius 3 is 2.86 bits per heavy atom. The number of hydrogen-bond acceptors (Lipinski definition) is 3. The van der Waals surface area contributed by atoms with E-state index in [1.807, 2.05) is 11.3 Å². The number of benzene rings is 1. The molecule has 0 saturated heterocycles. The minimum atomic E-state index is 0.694. The first kappa shape index (κ1) is 15.0. The third kappa shape index (κ3) is 3.83. The largest absolute Gasteiger partial charge is 0.314 e. The van der Waals surface area contributed by atoms with Gasteiger partial charge in [-0.15, -0.1) is 11.3 Å². The van der Waals surface area contributed by atoms with Crippen molar-refractivity contribution in [2.24, 2.45) is 5.92 Å². The van der Waals surface area contributed by atoms with Gasteiger partial charge in [-0.25, -0.2) is 4.98 Å². The Bertz CT molecular complexity index is 524. The summed E-state index contributed by atoms with van der Waals surface area (Å²) >= 11 is 1.87. The van der Waals surface area contributed by atoms with Gasteiger partial charge >= 0.3 is 0 Å². The van der Waals surface area contributed by atoms with E-state index in [9.17, 15) is 0 Å². The molecule has 1 aliphatic carbocycles. The molecule has 1 aromatic heterocycles. The van der Waals surface area contributed by atoms with Crippen molar-refractivity contribution in [2.45, 2.75) is 57.9 Å². The van der Waals surface area contributed by atoms with Crippen molar-refractivity contribution in [3.63, 3.8) is 0 Å². The second-order valence-corrected chi connectivity index (χ2v) is 7.33. The van der Waals surface area contributed by atoms with Gasteiger partial charge in [0, 0.05) is 12.5 Å². The first-order chi connectivity index (χ1) is 10.4. The van der Waals surface area contributed by atoms with Crippen LogP contribution in [0.15, 0.2) is 24.3 Å². The molecular formula is C18H26N2S. The van der Waals surface area contributed by atoms with Gasteiger partial charge in [0.15, 0.2) is 0 Å². The van der Waals surface area contributed by atoms with Crippen LogP contribution in [0.5, 0.6) is 0 Å². The van der Waals surface area contributed by atoms with E-state index in [-0.39, 0.29) is 0 Å². The van der Waals surface area contributed by atoms with Crippen LogP contribution in [-0.4, -0.2) is 17.6 Å². The van der Waals surface area contributed by atoms with Crippen LogP contribution in [-0.2, 0) is 6.42 Å². The van der Waals surface area contributed by atoms with E-state index >= 15 is 0 Å². The van der Waals surface area contributed by atoms with E-state index in [1.165, 1.54) is 48.2 Å². The lowest BCUT2D eigenvalue weighted by atomic mass is 9.94. The van der Waals surface area contributed by atoms with E-state index in [4.69, 9.17) is 4.98 Å². The number of rotatable bonds is 7. The fraction of sp³-hybridized carbons (Fsp3) is 0.611. The summed E-state index contributed by atoms with van der Waals surface area (Å²) in [5, 5.41) is 5.10. The van der Waals surface area contributed by atoms with Gasteiger partial charge in [-0.05, 0) is 50.3 Å². The Morgan fingerprint density at radius 2 is 2.10 bits per heavy atom. The zero-order chi connectivity index (χ0) is 14.5. The predicted molar refractivity (Wildman–Crippen MR) is 92.0 cm³/mol.